The summed E-state index contributed by atoms with van der Waals surface area (Å²) in [6.45, 7) is 1.88. The number of carbonyl (C=O) groups is 1. The molecule has 6 heteroatoms. The van der Waals surface area contributed by atoms with Gasteiger partial charge >= 0.3 is 0 Å². The van der Waals surface area contributed by atoms with Gasteiger partial charge in [0.05, 0.1) is 5.25 Å². The number of amides is 1. The standard InChI is InChI=1S/C25H24N4OS/c1-17(24(30)26-19-13-15-20(16-14-19)29(2)3)31-25-22-12-8-7-11-21(22)23(27-28-25)18-9-5-4-6-10-18/h4-17H,1-3H3,(H,26,30). The molecule has 0 saturated heterocycles. The van der Waals surface area contributed by atoms with Gasteiger partial charge in [-0.05, 0) is 31.2 Å². The number of aromatic nitrogens is 2. The number of nitrogens with one attached hydrogen (secondary N) is 1. The van der Waals surface area contributed by atoms with Crippen LogP contribution in [0.3, 0.4) is 0 Å². The van der Waals surface area contributed by atoms with Crippen molar-refractivity contribution in [2.75, 3.05) is 24.3 Å². The molecule has 0 bridgehead atoms. The van der Waals surface area contributed by atoms with Crippen LogP contribution in [0.15, 0.2) is 83.9 Å². The summed E-state index contributed by atoms with van der Waals surface area (Å²) in [5.41, 5.74) is 3.73. The van der Waals surface area contributed by atoms with E-state index in [9.17, 15) is 4.79 Å². The molecule has 0 aliphatic carbocycles. The molecule has 4 rings (SSSR count). The largest absolute Gasteiger partial charge is 0.378 e. The highest BCUT2D eigenvalue weighted by molar-refractivity contribution is 8.00. The minimum absolute atomic E-state index is 0.0689. The zero-order valence-electron chi connectivity index (χ0n) is 17.7. The Hall–Kier alpha value is -3.38. The van der Waals surface area contributed by atoms with E-state index in [0.29, 0.717) is 0 Å². The van der Waals surface area contributed by atoms with Crippen LogP contribution in [-0.2, 0) is 4.79 Å². The van der Waals surface area contributed by atoms with E-state index in [-0.39, 0.29) is 11.2 Å². The van der Waals surface area contributed by atoms with Gasteiger partial charge in [-0.1, -0.05) is 66.4 Å². The van der Waals surface area contributed by atoms with Crippen molar-refractivity contribution in [3.05, 3.63) is 78.9 Å². The van der Waals surface area contributed by atoms with Crippen LogP contribution < -0.4 is 10.2 Å². The van der Waals surface area contributed by atoms with Crippen LogP contribution in [0.2, 0.25) is 0 Å². The van der Waals surface area contributed by atoms with Crippen LogP contribution >= 0.6 is 11.8 Å². The molecule has 0 saturated carbocycles. The summed E-state index contributed by atoms with van der Waals surface area (Å²) in [6, 6.07) is 25.9. The predicted octanol–water partition coefficient (Wildman–Crippen LogP) is 5.48. The van der Waals surface area contributed by atoms with Crippen molar-refractivity contribution >= 4 is 39.8 Å². The first-order valence-corrected chi connectivity index (χ1v) is 11.0. The highest BCUT2D eigenvalue weighted by atomic mass is 32.2. The van der Waals surface area contributed by atoms with E-state index in [1.165, 1.54) is 11.8 Å². The third kappa shape index (κ3) is 4.70. The Balaban J connectivity index is 1.55. The van der Waals surface area contributed by atoms with Gasteiger partial charge in [-0.2, -0.15) is 0 Å². The average Bonchev–Trinajstić information content (AvgIpc) is 2.80. The zero-order valence-corrected chi connectivity index (χ0v) is 18.6. The van der Waals surface area contributed by atoms with Crippen molar-refractivity contribution < 1.29 is 4.79 Å². The topological polar surface area (TPSA) is 58.1 Å². The highest BCUT2D eigenvalue weighted by Crippen LogP contribution is 2.33. The first-order chi connectivity index (χ1) is 15.0. The fourth-order valence-corrected chi connectivity index (χ4v) is 4.18. The first-order valence-electron chi connectivity index (χ1n) is 10.1. The minimum atomic E-state index is -0.325. The Bertz CT molecular complexity index is 1190. The van der Waals surface area contributed by atoms with Gasteiger partial charge in [0.25, 0.3) is 0 Å². The number of hydrogen-bond donors (Lipinski definition) is 1. The van der Waals surface area contributed by atoms with Crippen LogP contribution in [0.1, 0.15) is 6.92 Å². The number of nitrogens with zero attached hydrogens (tertiary/aromatic N) is 3. The molecule has 1 aromatic heterocycles. The van der Waals surface area contributed by atoms with Crippen LogP contribution in [0.25, 0.3) is 22.0 Å². The fraction of sp³-hybridized carbons (Fsp3) is 0.160. The third-order valence-electron chi connectivity index (χ3n) is 5.01. The molecule has 4 aromatic rings. The Morgan fingerprint density at radius 2 is 1.52 bits per heavy atom. The maximum atomic E-state index is 12.8. The number of thioether (sulfide) groups is 1. The van der Waals surface area contributed by atoms with Gasteiger partial charge in [-0.3, -0.25) is 4.79 Å². The molecule has 3 aromatic carbocycles. The van der Waals surface area contributed by atoms with Crippen LogP contribution in [0.4, 0.5) is 11.4 Å². The van der Waals surface area contributed by atoms with Crippen molar-refractivity contribution in [1.29, 1.82) is 0 Å². The van der Waals surface area contributed by atoms with E-state index in [4.69, 9.17) is 0 Å². The summed E-state index contributed by atoms with van der Waals surface area (Å²) >= 11 is 1.42. The molecular formula is C25H24N4OS. The van der Waals surface area contributed by atoms with Gasteiger partial charge < -0.3 is 10.2 Å². The van der Waals surface area contributed by atoms with E-state index >= 15 is 0 Å². The van der Waals surface area contributed by atoms with Gasteiger partial charge in [0.15, 0.2) is 0 Å². The molecule has 1 N–H and O–H groups in total. The number of benzene rings is 3. The Morgan fingerprint density at radius 3 is 2.19 bits per heavy atom. The summed E-state index contributed by atoms with van der Waals surface area (Å²) in [5.74, 6) is -0.0689. The van der Waals surface area contributed by atoms with E-state index in [0.717, 1.165) is 38.4 Å². The first kappa shape index (κ1) is 20.9. The molecule has 0 aliphatic heterocycles. The summed E-state index contributed by atoms with van der Waals surface area (Å²) in [6.07, 6.45) is 0. The third-order valence-corrected chi connectivity index (χ3v) is 6.10. The number of anilines is 2. The SMILES string of the molecule is CC(Sc1nnc(-c2ccccc2)c2ccccc12)C(=O)Nc1ccc(N(C)C)cc1. The summed E-state index contributed by atoms with van der Waals surface area (Å²) in [7, 11) is 3.97. The van der Waals surface area contributed by atoms with E-state index in [1.807, 2.05) is 105 Å². The van der Waals surface area contributed by atoms with Crippen LogP contribution in [-0.4, -0.2) is 35.4 Å². The Labute approximate surface area is 186 Å². The number of carbonyl (C=O) groups excluding carboxylic acids is 1. The van der Waals surface area contributed by atoms with Crippen LogP contribution in [0.5, 0.6) is 0 Å². The molecule has 0 spiro atoms. The molecule has 156 valence electrons. The number of fused-ring (bicyclic) bond motifs is 1. The maximum Gasteiger partial charge on any atom is 0.237 e. The summed E-state index contributed by atoms with van der Waals surface area (Å²) in [4.78, 5) is 14.8. The lowest BCUT2D eigenvalue weighted by molar-refractivity contribution is -0.115. The molecule has 31 heavy (non-hydrogen) atoms. The molecule has 0 aliphatic rings. The molecule has 1 atom stereocenters. The smallest absolute Gasteiger partial charge is 0.237 e. The minimum Gasteiger partial charge on any atom is -0.378 e. The van der Waals surface area contributed by atoms with Gasteiger partial charge in [0, 0.05) is 41.8 Å². The lowest BCUT2D eigenvalue weighted by Gasteiger charge is -2.15. The van der Waals surface area contributed by atoms with Gasteiger partial charge in [0.2, 0.25) is 5.91 Å². The van der Waals surface area contributed by atoms with Crippen molar-refractivity contribution in [1.82, 2.24) is 10.2 Å². The molecule has 1 heterocycles. The van der Waals surface area contributed by atoms with Crippen molar-refractivity contribution in [3.8, 4) is 11.3 Å². The van der Waals surface area contributed by atoms with Gasteiger partial charge in [-0.15, -0.1) is 10.2 Å². The zero-order chi connectivity index (χ0) is 21.8. The van der Waals surface area contributed by atoms with E-state index in [1.54, 1.807) is 0 Å². The molecular weight excluding hydrogens is 404 g/mol. The Kier molecular flexibility index (Phi) is 6.18. The van der Waals surface area contributed by atoms with E-state index in [2.05, 4.69) is 15.5 Å². The normalized spacial score (nSPS) is 11.8. The van der Waals surface area contributed by atoms with Gasteiger partial charge in [-0.25, -0.2) is 0 Å². The number of hydrogen-bond acceptors (Lipinski definition) is 5. The lowest BCUT2D eigenvalue weighted by atomic mass is 10.1. The fourth-order valence-electron chi connectivity index (χ4n) is 3.28. The second-order valence-electron chi connectivity index (χ2n) is 7.46. The average molecular weight is 429 g/mol. The molecule has 1 unspecified atom stereocenters. The summed E-state index contributed by atoms with van der Waals surface area (Å²) < 4.78 is 0. The molecule has 5 nitrogen and oxygen atoms in total. The van der Waals surface area contributed by atoms with Crippen molar-refractivity contribution in [2.45, 2.75) is 17.2 Å². The van der Waals surface area contributed by atoms with Crippen molar-refractivity contribution in [2.24, 2.45) is 0 Å². The molecule has 1 amide bonds. The highest BCUT2D eigenvalue weighted by Gasteiger charge is 2.19. The second kappa shape index (κ2) is 9.18. The van der Waals surface area contributed by atoms with Gasteiger partial charge in [0.1, 0.15) is 10.7 Å². The van der Waals surface area contributed by atoms with Crippen LogP contribution in [0, 0.1) is 0 Å². The molecule has 0 fully saturated rings. The lowest BCUT2D eigenvalue weighted by Crippen LogP contribution is -2.22. The second-order valence-corrected chi connectivity index (χ2v) is 8.79. The monoisotopic (exact) mass is 428 g/mol. The van der Waals surface area contributed by atoms with E-state index < -0.39 is 0 Å². The number of rotatable bonds is 6. The molecule has 0 radical (unpaired) electrons. The maximum absolute atomic E-state index is 12.8. The quantitative estimate of drug-likeness (QED) is 0.412. The Morgan fingerprint density at radius 1 is 0.871 bits per heavy atom. The predicted molar refractivity (Wildman–Crippen MR) is 130 cm³/mol. The summed E-state index contributed by atoms with van der Waals surface area (Å²) in [5, 5.41) is 14.4. The van der Waals surface area contributed by atoms with Crippen molar-refractivity contribution in [3.63, 3.8) is 0 Å².